The number of benzene rings is 2. The third-order valence-corrected chi connectivity index (χ3v) is 4.35. The highest BCUT2D eigenvalue weighted by Crippen LogP contribution is 2.14. The summed E-state index contributed by atoms with van der Waals surface area (Å²) in [6.45, 7) is 5.22. The lowest BCUT2D eigenvalue weighted by Gasteiger charge is -2.23. The van der Waals surface area contributed by atoms with Gasteiger partial charge in [-0.2, -0.15) is 0 Å². The van der Waals surface area contributed by atoms with Crippen LogP contribution in [0.1, 0.15) is 32.7 Å². The Labute approximate surface area is 155 Å². The lowest BCUT2D eigenvalue weighted by atomic mass is 10.1. The Morgan fingerprint density at radius 2 is 1.62 bits per heavy atom. The molecule has 0 saturated carbocycles. The summed E-state index contributed by atoms with van der Waals surface area (Å²) in [5, 5.41) is 0. The first-order valence-corrected chi connectivity index (χ1v) is 8.93. The first-order chi connectivity index (χ1) is 12.6. The average molecular weight is 344 g/mol. The van der Waals surface area contributed by atoms with E-state index in [0.29, 0.717) is 13.1 Å². The van der Waals surface area contributed by atoms with Crippen LogP contribution in [-0.4, -0.2) is 22.3 Å². The molecule has 0 saturated heterocycles. The lowest BCUT2D eigenvalue weighted by molar-refractivity contribution is 0.0743. The molecule has 0 radical (unpaired) electrons. The Morgan fingerprint density at radius 3 is 2.27 bits per heavy atom. The zero-order valence-electron chi connectivity index (χ0n) is 15.4. The third-order valence-electron chi connectivity index (χ3n) is 4.35. The second-order valence-corrected chi connectivity index (χ2v) is 6.66. The highest BCUT2D eigenvalue weighted by atomic mass is 16.2. The highest BCUT2D eigenvalue weighted by Gasteiger charge is 2.17. The van der Waals surface area contributed by atoms with E-state index in [4.69, 9.17) is 0 Å². The molecule has 0 aliphatic rings. The summed E-state index contributed by atoms with van der Waals surface area (Å²) in [6.07, 6.45) is 2.59. The molecule has 132 valence electrons. The van der Waals surface area contributed by atoms with Crippen molar-refractivity contribution in [3.8, 4) is 0 Å². The molecule has 0 aliphatic heterocycles. The van der Waals surface area contributed by atoms with E-state index < -0.39 is 0 Å². The molecule has 0 N–H and O–H groups in total. The highest BCUT2D eigenvalue weighted by molar-refractivity contribution is 5.94. The maximum Gasteiger partial charge on any atom is 0.254 e. The van der Waals surface area contributed by atoms with Crippen molar-refractivity contribution < 1.29 is 4.79 Å². The molecule has 2 aromatic carbocycles. The van der Waals surface area contributed by atoms with Gasteiger partial charge in [0.25, 0.3) is 5.91 Å². The Morgan fingerprint density at radius 1 is 0.923 bits per heavy atom. The van der Waals surface area contributed by atoms with Crippen LogP contribution in [0.4, 0.5) is 0 Å². The van der Waals surface area contributed by atoms with E-state index in [0.717, 1.165) is 28.8 Å². The van der Waals surface area contributed by atoms with Gasteiger partial charge in [-0.25, -0.2) is 0 Å². The van der Waals surface area contributed by atoms with E-state index in [1.807, 2.05) is 67.3 Å². The Balaban J connectivity index is 1.82. The predicted octanol–water partition coefficient (Wildman–Crippen LogP) is 4.58. The maximum atomic E-state index is 13.2. The fraction of sp³-hybridized carbons (Fsp3) is 0.217. The van der Waals surface area contributed by atoms with Crippen LogP contribution in [0.2, 0.25) is 0 Å². The van der Waals surface area contributed by atoms with Crippen LogP contribution in [0.3, 0.4) is 0 Å². The molecule has 0 atom stereocenters. The topological polar surface area (TPSA) is 33.2 Å². The number of carbonyl (C=O) groups is 1. The molecule has 1 amide bonds. The summed E-state index contributed by atoms with van der Waals surface area (Å²) in [5.74, 6) is 0.0541. The summed E-state index contributed by atoms with van der Waals surface area (Å²) in [4.78, 5) is 19.5. The molecule has 3 nitrogen and oxygen atoms in total. The van der Waals surface area contributed by atoms with E-state index in [1.165, 1.54) is 5.56 Å². The van der Waals surface area contributed by atoms with Gasteiger partial charge in [-0.15, -0.1) is 0 Å². The number of amides is 1. The van der Waals surface area contributed by atoms with Crippen molar-refractivity contribution >= 4 is 5.91 Å². The number of hydrogen-bond donors (Lipinski definition) is 0. The van der Waals surface area contributed by atoms with Gasteiger partial charge in [-0.1, -0.05) is 53.6 Å². The number of pyridine rings is 1. The first kappa shape index (κ1) is 17.9. The summed E-state index contributed by atoms with van der Waals surface area (Å²) in [7, 11) is 0. The summed E-state index contributed by atoms with van der Waals surface area (Å²) < 4.78 is 0. The Bertz CT molecular complexity index is 840. The molecule has 0 bridgehead atoms. The number of carbonyl (C=O) groups excluding carboxylic acids is 1. The van der Waals surface area contributed by atoms with E-state index in [9.17, 15) is 4.79 Å². The van der Waals surface area contributed by atoms with Gasteiger partial charge < -0.3 is 4.90 Å². The molecular weight excluding hydrogens is 320 g/mol. The summed E-state index contributed by atoms with van der Waals surface area (Å²) in [5.41, 5.74) is 5.08. The number of aryl methyl sites for hydroxylation is 2. The van der Waals surface area contributed by atoms with E-state index >= 15 is 0 Å². The largest absolute Gasteiger partial charge is 0.332 e. The van der Waals surface area contributed by atoms with E-state index in [1.54, 1.807) is 6.20 Å². The van der Waals surface area contributed by atoms with Gasteiger partial charge >= 0.3 is 0 Å². The minimum atomic E-state index is 0.0541. The van der Waals surface area contributed by atoms with Crippen LogP contribution in [-0.2, 0) is 13.0 Å². The number of rotatable bonds is 6. The Hall–Kier alpha value is -2.94. The van der Waals surface area contributed by atoms with Crippen LogP contribution in [0.15, 0.2) is 72.9 Å². The minimum Gasteiger partial charge on any atom is -0.332 e. The summed E-state index contributed by atoms with van der Waals surface area (Å²) >= 11 is 0. The van der Waals surface area contributed by atoms with Gasteiger partial charge in [-0.05, 0) is 50.1 Å². The second-order valence-electron chi connectivity index (χ2n) is 6.66. The molecule has 0 spiro atoms. The van der Waals surface area contributed by atoms with Crippen molar-refractivity contribution in [2.45, 2.75) is 26.8 Å². The predicted molar refractivity (Wildman–Crippen MR) is 105 cm³/mol. The van der Waals surface area contributed by atoms with Crippen molar-refractivity contribution in [3.05, 3.63) is 101 Å². The van der Waals surface area contributed by atoms with Gasteiger partial charge in [-0.3, -0.25) is 9.78 Å². The van der Waals surface area contributed by atoms with Crippen molar-refractivity contribution in [2.24, 2.45) is 0 Å². The smallest absolute Gasteiger partial charge is 0.254 e. The SMILES string of the molecule is Cc1cc(C)cc(C(=O)N(CCc2ccccc2)Cc2ccccn2)c1. The second kappa shape index (κ2) is 8.43. The standard InChI is InChI=1S/C23H24N2O/c1-18-14-19(2)16-21(15-18)23(26)25(17-22-10-6-7-12-24-22)13-11-20-8-4-3-5-9-20/h3-10,12,14-16H,11,13,17H2,1-2H3. The number of hydrogen-bond acceptors (Lipinski definition) is 2. The zero-order chi connectivity index (χ0) is 18.4. The molecule has 0 aliphatic carbocycles. The molecule has 3 aromatic rings. The normalized spacial score (nSPS) is 10.5. The molecule has 0 fully saturated rings. The maximum absolute atomic E-state index is 13.2. The average Bonchev–Trinajstić information content (AvgIpc) is 2.65. The monoisotopic (exact) mass is 344 g/mol. The molecule has 0 unspecified atom stereocenters. The number of nitrogens with zero attached hydrogens (tertiary/aromatic N) is 2. The molecule has 3 rings (SSSR count). The van der Waals surface area contributed by atoms with Gasteiger partial charge in [0.05, 0.1) is 12.2 Å². The molecule has 3 heteroatoms. The summed E-state index contributed by atoms with van der Waals surface area (Å²) in [6, 6.07) is 22.1. The quantitative estimate of drug-likeness (QED) is 0.655. The van der Waals surface area contributed by atoms with Gasteiger partial charge in [0, 0.05) is 18.3 Å². The molecule has 26 heavy (non-hydrogen) atoms. The number of aromatic nitrogens is 1. The zero-order valence-corrected chi connectivity index (χ0v) is 15.4. The lowest BCUT2D eigenvalue weighted by Crippen LogP contribution is -2.33. The van der Waals surface area contributed by atoms with Crippen molar-refractivity contribution in [2.75, 3.05) is 6.54 Å². The van der Waals surface area contributed by atoms with Crippen molar-refractivity contribution in [3.63, 3.8) is 0 Å². The van der Waals surface area contributed by atoms with Crippen LogP contribution < -0.4 is 0 Å². The van der Waals surface area contributed by atoms with E-state index in [-0.39, 0.29) is 5.91 Å². The van der Waals surface area contributed by atoms with Crippen molar-refractivity contribution in [1.29, 1.82) is 0 Å². The van der Waals surface area contributed by atoms with Crippen molar-refractivity contribution in [1.82, 2.24) is 9.88 Å². The Kier molecular flexibility index (Phi) is 5.80. The fourth-order valence-electron chi connectivity index (χ4n) is 3.13. The van der Waals surface area contributed by atoms with E-state index in [2.05, 4.69) is 23.2 Å². The molecule has 1 aromatic heterocycles. The van der Waals surface area contributed by atoms with Crippen LogP contribution in [0, 0.1) is 13.8 Å². The molecular formula is C23H24N2O. The first-order valence-electron chi connectivity index (χ1n) is 8.93. The van der Waals surface area contributed by atoms with Gasteiger partial charge in [0.1, 0.15) is 0 Å². The minimum absolute atomic E-state index is 0.0541. The van der Waals surface area contributed by atoms with Crippen LogP contribution >= 0.6 is 0 Å². The fourth-order valence-corrected chi connectivity index (χ4v) is 3.13. The third kappa shape index (κ3) is 4.79. The van der Waals surface area contributed by atoms with Crippen LogP contribution in [0.5, 0.6) is 0 Å². The van der Waals surface area contributed by atoms with Crippen LogP contribution in [0.25, 0.3) is 0 Å². The van der Waals surface area contributed by atoms with Gasteiger partial charge in [0.15, 0.2) is 0 Å². The van der Waals surface area contributed by atoms with Gasteiger partial charge in [0.2, 0.25) is 0 Å². The molecule has 1 heterocycles.